The van der Waals surface area contributed by atoms with Gasteiger partial charge < -0.3 is 15.2 Å². The Balaban J connectivity index is 2.06. The summed E-state index contributed by atoms with van der Waals surface area (Å²) < 4.78 is 0. The minimum Gasteiger partial charge on any atom is -0.480 e. The molecule has 2 saturated heterocycles. The Morgan fingerprint density at radius 1 is 1.06 bits per heavy atom. The number of hydrogen-bond acceptors (Lipinski definition) is 4. The Hall–Kier alpha value is -1.14. The van der Waals surface area contributed by atoms with E-state index < -0.39 is 18.1 Å². The van der Waals surface area contributed by atoms with Crippen LogP contribution in [-0.2, 0) is 9.59 Å². The van der Waals surface area contributed by atoms with Crippen molar-refractivity contribution in [1.82, 2.24) is 9.96 Å². The van der Waals surface area contributed by atoms with Crippen molar-refractivity contribution in [2.75, 3.05) is 13.1 Å². The zero-order valence-corrected chi connectivity index (χ0v) is 9.00. The Labute approximate surface area is 93.4 Å². The first-order valence-corrected chi connectivity index (χ1v) is 5.60. The molecule has 0 radical (unpaired) electrons. The lowest BCUT2D eigenvalue weighted by Gasteiger charge is -2.26. The van der Waals surface area contributed by atoms with Gasteiger partial charge in [0.1, 0.15) is 12.1 Å². The molecule has 2 unspecified atom stereocenters. The number of likely N-dealkylation sites (tertiary alicyclic amines) is 1. The van der Waals surface area contributed by atoms with E-state index in [-0.39, 0.29) is 5.91 Å². The van der Waals surface area contributed by atoms with Crippen LogP contribution in [0.25, 0.3) is 0 Å². The highest BCUT2D eigenvalue weighted by Gasteiger charge is 2.40. The third kappa shape index (κ3) is 1.90. The van der Waals surface area contributed by atoms with Gasteiger partial charge in [-0.3, -0.25) is 4.79 Å². The quantitative estimate of drug-likeness (QED) is 0.690. The first kappa shape index (κ1) is 11.3. The zero-order chi connectivity index (χ0) is 11.7. The van der Waals surface area contributed by atoms with E-state index in [1.807, 2.05) is 0 Å². The molecule has 16 heavy (non-hydrogen) atoms. The van der Waals surface area contributed by atoms with E-state index in [0.717, 1.165) is 17.9 Å². The maximum absolute atomic E-state index is 12.0. The average Bonchev–Trinajstić information content (AvgIpc) is 2.84. The molecule has 6 heteroatoms. The smallest absolute Gasteiger partial charge is 0.326 e. The Morgan fingerprint density at radius 2 is 1.69 bits per heavy atom. The van der Waals surface area contributed by atoms with Crippen molar-refractivity contribution >= 4 is 11.9 Å². The minimum absolute atomic E-state index is 0.245. The Morgan fingerprint density at radius 3 is 2.25 bits per heavy atom. The molecule has 2 N–H and O–H groups in total. The van der Waals surface area contributed by atoms with Gasteiger partial charge in [-0.15, -0.1) is 0 Å². The molecule has 2 heterocycles. The number of nitrogens with zero attached hydrogens (tertiary/aromatic N) is 2. The van der Waals surface area contributed by atoms with Gasteiger partial charge >= 0.3 is 5.97 Å². The molecule has 2 fully saturated rings. The molecule has 0 saturated carbocycles. The van der Waals surface area contributed by atoms with Crippen molar-refractivity contribution in [2.45, 2.75) is 37.8 Å². The third-order valence-corrected chi connectivity index (χ3v) is 3.33. The van der Waals surface area contributed by atoms with Crippen molar-refractivity contribution in [2.24, 2.45) is 0 Å². The number of hydrogen-bond donors (Lipinski definition) is 2. The largest absolute Gasteiger partial charge is 0.480 e. The fraction of sp³-hybridized carbons (Fsp3) is 0.800. The van der Waals surface area contributed by atoms with Crippen molar-refractivity contribution < 1.29 is 19.9 Å². The predicted octanol–water partition coefficient (Wildman–Crippen LogP) is -0.0844. The van der Waals surface area contributed by atoms with Gasteiger partial charge in [0.2, 0.25) is 5.91 Å². The van der Waals surface area contributed by atoms with Crippen LogP contribution in [0.15, 0.2) is 0 Å². The van der Waals surface area contributed by atoms with Crippen molar-refractivity contribution in [3.8, 4) is 0 Å². The van der Waals surface area contributed by atoms with Gasteiger partial charge in [0, 0.05) is 13.1 Å². The first-order chi connectivity index (χ1) is 7.61. The maximum Gasteiger partial charge on any atom is 0.326 e. The summed E-state index contributed by atoms with van der Waals surface area (Å²) in [6.45, 7) is 0.974. The summed E-state index contributed by atoms with van der Waals surface area (Å²) in [5.41, 5.74) is 0. The van der Waals surface area contributed by atoms with Gasteiger partial charge in [0.15, 0.2) is 0 Å². The molecule has 0 aromatic carbocycles. The van der Waals surface area contributed by atoms with Crippen LogP contribution in [0, 0.1) is 0 Å². The molecule has 2 aliphatic heterocycles. The van der Waals surface area contributed by atoms with Crippen LogP contribution in [0.5, 0.6) is 0 Å². The highest BCUT2D eigenvalue weighted by Crippen LogP contribution is 2.23. The van der Waals surface area contributed by atoms with E-state index in [4.69, 9.17) is 5.11 Å². The highest BCUT2D eigenvalue weighted by molar-refractivity contribution is 5.87. The van der Waals surface area contributed by atoms with Crippen molar-refractivity contribution in [1.29, 1.82) is 0 Å². The minimum atomic E-state index is -0.951. The Bertz CT molecular complexity index is 307. The van der Waals surface area contributed by atoms with Gasteiger partial charge in [0.25, 0.3) is 0 Å². The summed E-state index contributed by atoms with van der Waals surface area (Å²) in [5.74, 6) is -1.20. The topological polar surface area (TPSA) is 81.1 Å². The number of carboxylic acids is 1. The van der Waals surface area contributed by atoms with Gasteiger partial charge in [-0.1, -0.05) is 0 Å². The second kappa shape index (κ2) is 4.39. The number of carbonyl (C=O) groups is 2. The lowest BCUT2D eigenvalue weighted by molar-refractivity contribution is -0.161. The molecule has 2 rings (SSSR count). The second-order valence-electron chi connectivity index (χ2n) is 4.35. The molecule has 0 bridgehead atoms. The molecule has 1 amide bonds. The van der Waals surface area contributed by atoms with Crippen LogP contribution in [0.3, 0.4) is 0 Å². The average molecular weight is 228 g/mol. The summed E-state index contributed by atoms with van der Waals surface area (Å²) in [6, 6.07) is -1.25. The monoisotopic (exact) mass is 228 g/mol. The number of aliphatic carboxylic acids is 1. The summed E-state index contributed by atoms with van der Waals surface area (Å²) in [7, 11) is 0. The fourth-order valence-electron chi connectivity index (χ4n) is 2.48. The van der Waals surface area contributed by atoms with E-state index in [9.17, 15) is 14.8 Å². The van der Waals surface area contributed by atoms with Crippen LogP contribution < -0.4 is 0 Å². The van der Waals surface area contributed by atoms with Gasteiger partial charge in [-0.25, -0.2) is 4.79 Å². The lowest BCUT2D eigenvalue weighted by Crippen LogP contribution is -2.48. The number of carbonyl (C=O) groups excluding carboxylic acids is 1. The summed E-state index contributed by atoms with van der Waals surface area (Å²) >= 11 is 0. The lowest BCUT2D eigenvalue weighted by atomic mass is 10.1. The van der Waals surface area contributed by atoms with Gasteiger partial charge in [-0.05, 0) is 25.7 Å². The number of amides is 1. The fourth-order valence-corrected chi connectivity index (χ4v) is 2.48. The van der Waals surface area contributed by atoms with E-state index >= 15 is 0 Å². The molecule has 0 aliphatic carbocycles. The van der Waals surface area contributed by atoms with Gasteiger partial charge in [0.05, 0.1) is 0 Å². The van der Waals surface area contributed by atoms with Crippen molar-refractivity contribution in [3.05, 3.63) is 0 Å². The molecule has 2 aliphatic rings. The first-order valence-electron chi connectivity index (χ1n) is 5.60. The van der Waals surface area contributed by atoms with E-state index in [1.165, 1.54) is 4.90 Å². The molecular weight excluding hydrogens is 212 g/mol. The maximum atomic E-state index is 12.0. The summed E-state index contributed by atoms with van der Waals surface area (Å²) in [6.07, 6.45) is 2.62. The van der Waals surface area contributed by atoms with Crippen molar-refractivity contribution in [3.63, 3.8) is 0 Å². The molecule has 0 aromatic rings. The normalized spacial score (nSPS) is 30.9. The summed E-state index contributed by atoms with van der Waals surface area (Å²) in [5, 5.41) is 19.5. The molecular formula is C10H16N2O4. The van der Waals surface area contributed by atoms with Gasteiger partial charge in [-0.2, -0.15) is 5.06 Å². The molecule has 0 spiro atoms. The van der Waals surface area contributed by atoms with E-state index in [2.05, 4.69) is 0 Å². The Kier molecular flexibility index (Phi) is 3.11. The standard InChI is InChI=1S/C10H16N2O4/c13-9(7-3-2-6-12(7)16)11-5-1-4-8(11)10(14)15/h7-8,16H,1-6H2,(H,14,15). The molecule has 6 nitrogen and oxygen atoms in total. The number of rotatable bonds is 2. The van der Waals surface area contributed by atoms with Crippen LogP contribution in [-0.4, -0.2) is 57.3 Å². The van der Waals surface area contributed by atoms with Crippen LogP contribution in [0.4, 0.5) is 0 Å². The summed E-state index contributed by atoms with van der Waals surface area (Å²) in [4.78, 5) is 24.4. The van der Waals surface area contributed by atoms with E-state index in [1.54, 1.807) is 0 Å². The number of carboxylic acid groups (broad SMARTS) is 1. The molecule has 90 valence electrons. The van der Waals surface area contributed by atoms with Crippen LogP contribution >= 0.6 is 0 Å². The third-order valence-electron chi connectivity index (χ3n) is 3.33. The highest BCUT2D eigenvalue weighted by atomic mass is 16.5. The van der Waals surface area contributed by atoms with E-state index in [0.29, 0.717) is 25.9 Å². The number of hydroxylamine groups is 2. The van der Waals surface area contributed by atoms with Crippen LogP contribution in [0.1, 0.15) is 25.7 Å². The zero-order valence-electron chi connectivity index (χ0n) is 9.00. The van der Waals surface area contributed by atoms with Crippen LogP contribution in [0.2, 0.25) is 0 Å². The second-order valence-corrected chi connectivity index (χ2v) is 4.35. The molecule has 0 aromatic heterocycles. The SMILES string of the molecule is O=C(O)C1CCCN1C(=O)C1CCCN1O. The molecule has 2 atom stereocenters. The predicted molar refractivity (Wildman–Crippen MR) is 53.9 cm³/mol.